The standard InChI is InChI=1S/C7H14F2/c1-3-7(9,4-2)5-6-8/h3-6H2,1-2H3. The van der Waals surface area contributed by atoms with Crippen molar-refractivity contribution in [1.82, 2.24) is 0 Å². The second kappa shape index (κ2) is 3.80. The Morgan fingerprint density at radius 3 is 1.78 bits per heavy atom. The van der Waals surface area contributed by atoms with E-state index in [1.54, 1.807) is 13.8 Å². The van der Waals surface area contributed by atoms with Crippen molar-refractivity contribution >= 4 is 0 Å². The van der Waals surface area contributed by atoms with Gasteiger partial charge in [-0.25, -0.2) is 4.39 Å². The van der Waals surface area contributed by atoms with Crippen LogP contribution in [0, 0.1) is 0 Å². The fourth-order valence-corrected chi connectivity index (χ4v) is 0.773. The summed E-state index contributed by atoms with van der Waals surface area (Å²) in [6.45, 7) is 2.95. The molecule has 0 amide bonds. The summed E-state index contributed by atoms with van der Waals surface area (Å²) in [5.74, 6) is 0. The summed E-state index contributed by atoms with van der Waals surface area (Å²) >= 11 is 0. The molecule has 0 fully saturated rings. The summed E-state index contributed by atoms with van der Waals surface area (Å²) in [4.78, 5) is 0. The molecule has 0 bridgehead atoms. The lowest BCUT2D eigenvalue weighted by atomic mass is 9.96. The van der Waals surface area contributed by atoms with E-state index in [-0.39, 0.29) is 6.42 Å². The Bertz CT molecular complexity index is 67.3. The van der Waals surface area contributed by atoms with Crippen LogP contribution in [0.1, 0.15) is 33.1 Å². The third-order valence-corrected chi connectivity index (χ3v) is 1.81. The van der Waals surface area contributed by atoms with Gasteiger partial charge in [-0.1, -0.05) is 13.8 Å². The maximum absolute atomic E-state index is 13.0. The predicted molar refractivity (Wildman–Crippen MR) is 35.0 cm³/mol. The van der Waals surface area contributed by atoms with Gasteiger partial charge < -0.3 is 0 Å². The van der Waals surface area contributed by atoms with Gasteiger partial charge in [0.1, 0.15) is 5.67 Å². The van der Waals surface area contributed by atoms with Crippen molar-refractivity contribution in [2.24, 2.45) is 0 Å². The summed E-state index contributed by atoms with van der Waals surface area (Å²) in [5.41, 5.74) is -1.24. The fourth-order valence-electron chi connectivity index (χ4n) is 0.773. The SMILES string of the molecule is CCC(F)(CC)CCF. The highest BCUT2D eigenvalue weighted by molar-refractivity contribution is 4.74. The van der Waals surface area contributed by atoms with Crippen LogP contribution in [0.5, 0.6) is 0 Å². The molecule has 56 valence electrons. The molecule has 9 heavy (non-hydrogen) atoms. The first-order valence-corrected chi connectivity index (χ1v) is 3.43. The third kappa shape index (κ3) is 2.78. The van der Waals surface area contributed by atoms with E-state index in [1.807, 2.05) is 0 Å². The Morgan fingerprint density at radius 1 is 1.22 bits per heavy atom. The second-order valence-corrected chi connectivity index (χ2v) is 2.30. The smallest absolute Gasteiger partial charge is 0.113 e. The van der Waals surface area contributed by atoms with Crippen molar-refractivity contribution in [2.45, 2.75) is 38.8 Å². The van der Waals surface area contributed by atoms with Crippen LogP contribution in [0.4, 0.5) is 8.78 Å². The minimum Gasteiger partial charge on any atom is -0.251 e. The first-order chi connectivity index (χ1) is 4.18. The monoisotopic (exact) mass is 136 g/mol. The molecule has 0 nitrogen and oxygen atoms in total. The van der Waals surface area contributed by atoms with Crippen LogP contribution in [0.3, 0.4) is 0 Å². The number of rotatable bonds is 4. The first kappa shape index (κ1) is 8.86. The Hall–Kier alpha value is -0.140. The van der Waals surface area contributed by atoms with Gasteiger partial charge in [0.2, 0.25) is 0 Å². The second-order valence-electron chi connectivity index (χ2n) is 2.30. The molecule has 0 unspecified atom stereocenters. The van der Waals surface area contributed by atoms with Crippen molar-refractivity contribution in [2.75, 3.05) is 6.67 Å². The zero-order valence-electron chi connectivity index (χ0n) is 6.08. The van der Waals surface area contributed by atoms with Gasteiger partial charge in [0.15, 0.2) is 0 Å². The Kier molecular flexibility index (Phi) is 3.75. The Morgan fingerprint density at radius 2 is 1.67 bits per heavy atom. The zero-order valence-corrected chi connectivity index (χ0v) is 6.08. The van der Waals surface area contributed by atoms with Gasteiger partial charge in [0.25, 0.3) is 0 Å². The van der Waals surface area contributed by atoms with Gasteiger partial charge in [-0.15, -0.1) is 0 Å². The highest BCUT2D eigenvalue weighted by Crippen LogP contribution is 2.24. The highest BCUT2D eigenvalue weighted by Gasteiger charge is 2.23. The molecule has 2 heteroatoms. The third-order valence-electron chi connectivity index (χ3n) is 1.81. The van der Waals surface area contributed by atoms with E-state index in [0.717, 1.165) is 0 Å². The molecule has 0 atom stereocenters. The van der Waals surface area contributed by atoms with Crippen molar-refractivity contribution < 1.29 is 8.78 Å². The lowest BCUT2D eigenvalue weighted by Gasteiger charge is -2.19. The van der Waals surface area contributed by atoms with Gasteiger partial charge in [0, 0.05) is 6.42 Å². The molecule has 0 N–H and O–H groups in total. The number of halogens is 2. The predicted octanol–water partition coefficient (Wildman–Crippen LogP) is 2.87. The van der Waals surface area contributed by atoms with Crippen molar-refractivity contribution in [3.8, 4) is 0 Å². The van der Waals surface area contributed by atoms with Crippen LogP contribution in [-0.4, -0.2) is 12.3 Å². The maximum Gasteiger partial charge on any atom is 0.113 e. The van der Waals surface area contributed by atoms with Gasteiger partial charge in [-0.05, 0) is 12.8 Å². The van der Waals surface area contributed by atoms with Crippen LogP contribution in [-0.2, 0) is 0 Å². The first-order valence-electron chi connectivity index (χ1n) is 3.43. The van der Waals surface area contributed by atoms with Crippen LogP contribution in [0.25, 0.3) is 0 Å². The van der Waals surface area contributed by atoms with Crippen LogP contribution in [0.2, 0.25) is 0 Å². The topological polar surface area (TPSA) is 0 Å². The van der Waals surface area contributed by atoms with Crippen LogP contribution in [0.15, 0.2) is 0 Å². The summed E-state index contributed by atoms with van der Waals surface area (Å²) in [6, 6.07) is 0. The summed E-state index contributed by atoms with van der Waals surface area (Å²) in [5, 5.41) is 0. The van der Waals surface area contributed by atoms with Crippen molar-refractivity contribution in [3.05, 3.63) is 0 Å². The molecule has 0 heterocycles. The quantitative estimate of drug-likeness (QED) is 0.557. The summed E-state index contributed by atoms with van der Waals surface area (Å²) < 4.78 is 24.6. The molecule has 0 rings (SSSR count). The molecule has 0 aromatic carbocycles. The van der Waals surface area contributed by atoms with E-state index < -0.39 is 12.3 Å². The molecule has 0 aliphatic heterocycles. The van der Waals surface area contributed by atoms with Gasteiger partial charge in [-0.2, -0.15) is 0 Å². The number of hydrogen-bond donors (Lipinski definition) is 0. The van der Waals surface area contributed by atoms with E-state index in [2.05, 4.69) is 0 Å². The maximum atomic E-state index is 13.0. The van der Waals surface area contributed by atoms with E-state index in [9.17, 15) is 8.78 Å². The highest BCUT2D eigenvalue weighted by atomic mass is 19.1. The average Bonchev–Trinajstić information content (AvgIpc) is 1.89. The van der Waals surface area contributed by atoms with E-state index >= 15 is 0 Å². The molecule has 0 saturated heterocycles. The van der Waals surface area contributed by atoms with Crippen LogP contribution >= 0.6 is 0 Å². The lowest BCUT2D eigenvalue weighted by Crippen LogP contribution is -2.20. The van der Waals surface area contributed by atoms with E-state index in [4.69, 9.17) is 0 Å². The molecular formula is C7H14F2. The van der Waals surface area contributed by atoms with Crippen molar-refractivity contribution in [1.29, 1.82) is 0 Å². The van der Waals surface area contributed by atoms with Gasteiger partial charge >= 0.3 is 0 Å². The molecule has 0 aromatic rings. The zero-order chi connectivity index (χ0) is 7.33. The minimum atomic E-state index is -1.24. The van der Waals surface area contributed by atoms with E-state index in [0.29, 0.717) is 12.8 Å². The molecule has 0 aliphatic carbocycles. The largest absolute Gasteiger partial charge is 0.251 e. The Balaban J connectivity index is 3.62. The summed E-state index contributed by atoms with van der Waals surface area (Å²) in [7, 11) is 0. The van der Waals surface area contributed by atoms with E-state index in [1.165, 1.54) is 0 Å². The van der Waals surface area contributed by atoms with Crippen LogP contribution < -0.4 is 0 Å². The Labute approximate surface area is 55.3 Å². The average molecular weight is 136 g/mol. The molecule has 0 saturated carbocycles. The normalized spacial score (nSPS) is 12.0. The molecule has 0 radical (unpaired) electrons. The minimum absolute atomic E-state index is 0.0556. The molecule has 0 aromatic heterocycles. The molecule has 0 aliphatic rings. The van der Waals surface area contributed by atoms with Gasteiger partial charge in [0.05, 0.1) is 6.67 Å². The molecular weight excluding hydrogens is 122 g/mol. The lowest BCUT2D eigenvalue weighted by molar-refractivity contribution is 0.126. The number of hydrogen-bond acceptors (Lipinski definition) is 0. The van der Waals surface area contributed by atoms with Gasteiger partial charge in [-0.3, -0.25) is 4.39 Å². The summed E-state index contributed by atoms with van der Waals surface area (Å²) in [6.07, 6.45) is 0.904. The van der Waals surface area contributed by atoms with Crippen molar-refractivity contribution in [3.63, 3.8) is 0 Å². The fraction of sp³-hybridized carbons (Fsp3) is 1.00. The molecule has 0 spiro atoms. The number of alkyl halides is 2.